The van der Waals surface area contributed by atoms with Crippen molar-refractivity contribution in [2.45, 2.75) is 19.9 Å². The maximum Gasteiger partial charge on any atom is 0.129 e. The maximum atomic E-state index is 5.90. The highest BCUT2D eigenvalue weighted by Crippen LogP contribution is 2.25. The van der Waals surface area contributed by atoms with Crippen molar-refractivity contribution in [3.8, 4) is 0 Å². The fourth-order valence-electron chi connectivity index (χ4n) is 2.07. The monoisotopic (exact) mass is 318 g/mol. The Bertz CT molecular complexity index is 756. The van der Waals surface area contributed by atoms with E-state index >= 15 is 0 Å². The van der Waals surface area contributed by atoms with E-state index in [4.69, 9.17) is 11.6 Å². The fourth-order valence-corrected chi connectivity index (χ4v) is 3.20. The second kappa shape index (κ2) is 6.47. The summed E-state index contributed by atoms with van der Waals surface area (Å²) in [5, 5.41) is 3.95. The molecule has 0 aliphatic heterocycles. The highest BCUT2D eigenvalue weighted by atomic mass is 35.5. The van der Waals surface area contributed by atoms with E-state index in [1.54, 1.807) is 17.5 Å². The summed E-state index contributed by atoms with van der Waals surface area (Å²) >= 11 is 7.64. The second-order valence-corrected chi connectivity index (χ2v) is 6.33. The first-order chi connectivity index (χ1) is 10.2. The summed E-state index contributed by atoms with van der Waals surface area (Å²) in [4.78, 5) is 14.2. The summed E-state index contributed by atoms with van der Waals surface area (Å²) in [7, 11) is 0. The van der Waals surface area contributed by atoms with Crippen LogP contribution in [-0.4, -0.2) is 21.5 Å². The largest absolute Gasteiger partial charge is 0.311 e. The molecule has 0 unspecified atom stereocenters. The Morgan fingerprint density at radius 2 is 2.14 bits per heavy atom. The Balaban J connectivity index is 1.54. The Morgan fingerprint density at radius 1 is 1.24 bits per heavy atom. The van der Waals surface area contributed by atoms with Crippen molar-refractivity contribution in [2.24, 2.45) is 0 Å². The number of thiophene rings is 1. The smallest absolute Gasteiger partial charge is 0.129 e. The van der Waals surface area contributed by atoms with Gasteiger partial charge >= 0.3 is 0 Å². The Morgan fingerprint density at radius 3 is 3.00 bits per heavy atom. The first-order valence-corrected chi connectivity index (χ1v) is 7.94. The predicted molar refractivity (Wildman–Crippen MR) is 86.8 cm³/mol. The van der Waals surface area contributed by atoms with Gasteiger partial charge in [-0.25, -0.2) is 15.0 Å². The predicted octanol–water partition coefficient (Wildman–Crippen LogP) is 3.38. The van der Waals surface area contributed by atoms with Gasteiger partial charge in [0.25, 0.3) is 0 Å². The van der Waals surface area contributed by atoms with Gasteiger partial charge in [0.05, 0.1) is 10.2 Å². The molecule has 0 saturated heterocycles. The number of hydrogen-bond donors (Lipinski definition) is 1. The van der Waals surface area contributed by atoms with Crippen LogP contribution in [0.1, 0.15) is 16.4 Å². The first kappa shape index (κ1) is 14.4. The standard InChI is InChI=1S/C15H15ClN4S/c1-10-4-7-18-15(19-10)5-6-17-9-11-8-12-13(21-11)2-3-14(16)20-12/h2-4,7-8,17H,5-6,9H2,1H3. The number of aryl methyl sites for hydroxylation is 1. The van der Waals surface area contributed by atoms with Gasteiger partial charge in [0.1, 0.15) is 11.0 Å². The van der Waals surface area contributed by atoms with Crippen LogP contribution in [0.25, 0.3) is 10.2 Å². The Kier molecular flexibility index (Phi) is 4.43. The van der Waals surface area contributed by atoms with Crippen LogP contribution in [0.2, 0.25) is 5.15 Å². The van der Waals surface area contributed by atoms with Gasteiger partial charge in [-0.05, 0) is 31.2 Å². The molecular formula is C15H15ClN4S. The van der Waals surface area contributed by atoms with Crippen molar-refractivity contribution in [2.75, 3.05) is 6.54 Å². The van der Waals surface area contributed by atoms with Crippen molar-refractivity contribution in [3.63, 3.8) is 0 Å². The lowest BCUT2D eigenvalue weighted by Crippen LogP contribution is -2.17. The van der Waals surface area contributed by atoms with E-state index in [2.05, 4.69) is 26.3 Å². The first-order valence-electron chi connectivity index (χ1n) is 6.75. The van der Waals surface area contributed by atoms with Crippen LogP contribution >= 0.6 is 22.9 Å². The molecule has 4 nitrogen and oxygen atoms in total. The average molecular weight is 319 g/mol. The molecule has 21 heavy (non-hydrogen) atoms. The van der Waals surface area contributed by atoms with Gasteiger partial charge < -0.3 is 5.32 Å². The third kappa shape index (κ3) is 3.75. The molecule has 0 amide bonds. The minimum absolute atomic E-state index is 0.538. The molecule has 6 heteroatoms. The zero-order valence-electron chi connectivity index (χ0n) is 11.6. The molecule has 0 aromatic carbocycles. The number of halogens is 1. The van der Waals surface area contributed by atoms with Crippen LogP contribution in [0.3, 0.4) is 0 Å². The zero-order valence-corrected chi connectivity index (χ0v) is 13.2. The van der Waals surface area contributed by atoms with E-state index in [1.165, 1.54) is 9.58 Å². The van der Waals surface area contributed by atoms with E-state index in [9.17, 15) is 0 Å². The summed E-state index contributed by atoms with van der Waals surface area (Å²) in [5.41, 5.74) is 1.97. The molecule has 0 atom stereocenters. The van der Waals surface area contributed by atoms with E-state index in [-0.39, 0.29) is 0 Å². The summed E-state index contributed by atoms with van der Waals surface area (Å²) in [6.07, 6.45) is 2.63. The zero-order chi connectivity index (χ0) is 14.7. The second-order valence-electron chi connectivity index (χ2n) is 4.77. The molecule has 0 saturated carbocycles. The van der Waals surface area contributed by atoms with Crippen LogP contribution < -0.4 is 5.32 Å². The summed E-state index contributed by atoms with van der Waals surface area (Å²) in [6.45, 7) is 3.66. The van der Waals surface area contributed by atoms with Gasteiger partial charge in [-0.3, -0.25) is 0 Å². The number of nitrogens with one attached hydrogen (secondary N) is 1. The molecule has 3 rings (SSSR count). The summed E-state index contributed by atoms with van der Waals surface area (Å²) < 4.78 is 1.17. The van der Waals surface area contributed by atoms with Gasteiger partial charge in [-0.15, -0.1) is 11.3 Å². The van der Waals surface area contributed by atoms with Crippen LogP contribution in [0.15, 0.2) is 30.5 Å². The van der Waals surface area contributed by atoms with Gasteiger partial charge in [-0.2, -0.15) is 0 Å². The van der Waals surface area contributed by atoms with Crippen molar-refractivity contribution in [1.29, 1.82) is 0 Å². The molecule has 0 aliphatic carbocycles. The molecule has 3 aromatic rings. The van der Waals surface area contributed by atoms with Crippen LogP contribution in [-0.2, 0) is 13.0 Å². The highest BCUT2D eigenvalue weighted by molar-refractivity contribution is 7.19. The molecule has 0 radical (unpaired) electrons. The SMILES string of the molecule is Cc1ccnc(CCNCc2cc3nc(Cl)ccc3s2)n1. The van der Waals surface area contributed by atoms with Gasteiger partial charge in [0.2, 0.25) is 0 Å². The molecule has 0 bridgehead atoms. The van der Waals surface area contributed by atoms with Crippen molar-refractivity contribution in [1.82, 2.24) is 20.3 Å². The fraction of sp³-hybridized carbons (Fsp3) is 0.267. The molecule has 108 valence electrons. The molecule has 0 fully saturated rings. The molecule has 3 heterocycles. The maximum absolute atomic E-state index is 5.90. The van der Waals surface area contributed by atoms with Crippen molar-refractivity contribution in [3.05, 3.63) is 52.0 Å². The third-order valence-corrected chi connectivity index (χ3v) is 4.36. The highest BCUT2D eigenvalue weighted by Gasteiger charge is 2.04. The number of rotatable bonds is 5. The Labute approximate surface area is 132 Å². The molecule has 0 spiro atoms. The summed E-state index contributed by atoms with van der Waals surface area (Å²) in [6, 6.07) is 7.83. The minimum atomic E-state index is 0.538. The van der Waals surface area contributed by atoms with E-state index in [1.807, 2.05) is 25.1 Å². The van der Waals surface area contributed by atoms with E-state index in [0.29, 0.717) is 5.15 Å². The number of hydrogen-bond acceptors (Lipinski definition) is 5. The summed E-state index contributed by atoms with van der Waals surface area (Å²) in [5.74, 6) is 0.882. The molecule has 0 aliphatic rings. The lowest BCUT2D eigenvalue weighted by molar-refractivity contribution is 0.674. The van der Waals surface area contributed by atoms with Crippen LogP contribution in [0.5, 0.6) is 0 Å². The van der Waals surface area contributed by atoms with E-state index in [0.717, 1.165) is 36.5 Å². The number of pyridine rings is 1. The van der Waals surface area contributed by atoms with Gasteiger partial charge in [0, 0.05) is 36.3 Å². The van der Waals surface area contributed by atoms with Crippen LogP contribution in [0, 0.1) is 6.92 Å². The Hall–Kier alpha value is -1.56. The van der Waals surface area contributed by atoms with Crippen LogP contribution in [0.4, 0.5) is 0 Å². The quantitative estimate of drug-likeness (QED) is 0.579. The number of nitrogens with zero attached hydrogens (tertiary/aromatic N) is 3. The normalized spacial score (nSPS) is 11.1. The van der Waals surface area contributed by atoms with Gasteiger partial charge in [-0.1, -0.05) is 11.6 Å². The minimum Gasteiger partial charge on any atom is -0.311 e. The number of fused-ring (bicyclic) bond motifs is 1. The average Bonchev–Trinajstić information content (AvgIpc) is 2.85. The van der Waals surface area contributed by atoms with Crippen molar-refractivity contribution >= 4 is 33.2 Å². The molecular weight excluding hydrogens is 304 g/mol. The molecule has 3 aromatic heterocycles. The van der Waals surface area contributed by atoms with Crippen molar-refractivity contribution < 1.29 is 0 Å². The topological polar surface area (TPSA) is 50.7 Å². The third-order valence-electron chi connectivity index (χ3n) is 3.06. The lowest BCUT2D eigenvalue weighted by Gasteiger charge is -2.02. The van der Waals surface area contributed by atoms with Gasteiger partial charge in [0.15, 0.2) is 0 Å². The van der Waals surface area contributed by atoms with E-state index < -0.39 is 0 Å². The number of aromatic nitrogens is 3. The molecule has 1 N–H and O–H groups in total. The lowest BCUT2D eigenvalue weighted by atomic mass is 10.3.